The molecule has 0 aliphatic heterocycles. The zero-order valence-electron chi connectivity index (χ0n) is 17.5. The number of carbonyl (C=O) groups excluding carboxylic acids is 1. The molecule has 0 aromatic heterocycles. The summed E-state index contributed by atoms with van der Waals surface area (Å²) in [4.78, 5) is 22.1. The molecule has 2 aromatic rings. The summed E-state index contributed by atoms with van der Waals surface area (Å²) in [5.74, 6) is 0.308. The third kappa shape index (κ3) is 9.52. The number of hydrogen-bond donors (Lipinski definition) is 1. The van der Waals surface area contributed by atoms with E-state index in [0.717, 1.165) is 44.9 Å². The minimum Gasteiger partial charge on any atom is -0.487 e. The smallest absolute Gasteiger partial charge is 0.487 e. The van der Waals surface area contributed by atoms with Gasteiger partial charge in [0.2, 0.25) is 0 Å². The predicted octanol–water partition coefficient (Wildman–Crippen LogP) is 4.25. The van der Waals surface area contributed by atoms with E-state index >= 15 is 0 Å². The maximum Gasteiger partial charge on any atom is 0.564 e. The molecule has 0 radical (unpaired) electrons. The second-order valence-electron chi connectivity index (χ2n) is 7.03. The highest BCUT2D eigenvalue weighted by atomic mass is 16.7. The van der Waals surface area contributed by atoms with Crippen molar-refractivity contribution >= 4 is 24.4 Å². The monoisotopic (exact) mass is 429 g/mol. The van der Waals surface area contributed by atoms with E-state index in [9.17, 15) is 19.9 Å². The number of nitrogens with zero attached hydrogens (tertiary/aromatic N) is 1. The average Bonchev–Trinajstić information content (AvgIpc) is 2.78. The van der Waals surface area contributed by atoms with Crippen molar-refractivity contribution in [2.24, 2.45) is 0 Å². The lowest BCUT2D eigenvalue weighted by Crippen LogP contribution is -2.35. The van der Waals surface area contributed by atoms with Gasteiger partial charge < -0.3 is 19.2 Å². The SMILES string of the molecule is O=C(OCCCCCCCCCOc1ccccc1[N+](=O)[O-])OB(O)c1ccccc1. The van der Waals surface area contributed by atoms with E-state index in [4.69, 9.17) is 14.1 Å². The van der Waals surface area contributed by atoms with Gasteiger partial charge in [0.05, 0.1) is 18.1 Å². The second-order valence-corrected chi connectivity index (χ2v) is 7.03. The van der Waals surface area contributed by atoms with Crippen LogP contribution in [-0.2, 0) is 9.39 Å². The highest BCUT2D eigenvalue weighted by molar-refractivity contribution is 6.61. The van der Waals surface area contributed by atoms with Gasteiger partial charge in [0.15, 0.2) is 5.75 Å². The Morgan fingerprint density at radius 1 is 0.871 bits per heavy atom. The van der Waals surface area contributed by atoms with E-state index in [1.807, 2.05) is 0 Å². The molecule has 0 saturated carbocycles. The standard InChI is InChI=1S/C22H28BNO7/c25-22(31-23(26)19-13-7-6-8-14-19)30-18-12-5-3-1-2-4-11-17-29-21-16-10-9-15-20(21)24(27)28/h6-10,13-16,26H,1-5,11-12,17-18H2. The zero-order chi connectivity index (χ0) is 22.3. The van der Waals surface area contributed by atoms with E-state index in [1.54, 1.807) is 48.5 Å². The van der Waals surface area contributed by atoms with Crippen LogP contribution < -0.4 is 10.2 Å². The van der Waals surface area contributed by atoms with Gasteiger partial charge in [-0.3, -0.25) is 10.1 Å². The number of nitro benzene ring substituents is 1. The van der Waals surface area contributed by atoms with Crippen molar-refractivity contribution in [3.63, 3.8) is 0 Å². The zero-order valence-corrected chi connectivity index (χ0v) is 17.5. The number of carbonyl (C=O) groups is 1. The predicted molar refractivity (Wildman–Crippen MR) is 117 cm³/mol. The van der Waals surface area contributed by atoms with Crippen molar-refractivity contribution in [3.8, 4) is 5.75 Å². The number of nitro groups is 1. The van der Waals surface area contributed by atoms with Crippen LogP contribution in [0.25, 0.3) is 0 Å². The van der Waals surface area contributed by atoms with Gasteiger partial charge in [-0.05, 0) is 24.4 Å². The van der Waals surface area contributed by atoms with Crippen LogP contribution in [0, 0.1) is 10.1 Å². The van der Waals surface area contributed by atoms with Gasteiger partial charge in [-0.1, -0.05) is 74.6 Å². The summed E-state index contributed by atoms with van der Waals surface area (Å²) in [6, 6.07) is 15.0. The molecule has 1 N–H and O–H groups in total. The van der Waals surface area contributed by atoms with Crippen LogP contribution in [0.4, 0.5) is 10.5 Å². The van der Waals surface area contributed by atoms with Crippen molar-refractivity contribution in [3.05, 3.63) is 64.7 Å². The summed E-state index contributed by atoms with van der Waals surface area (Å²) in [6.07, 6.45) is 5.74. The maximum atomic E-state index is 11.6. The van der Waals surface area contributed by atoms with Crippen LogP contribution in [0.15, 0.2) is 54.6 Å². The lowest BCUT2D eigenvalue weighted by atomic mass is 9.80. The van der Waals surface area contributed by atoms with E-state index < -0.39 is 18.2 Å². The molecule has 0 spiro atoms. The van der Waals surface area contributed by atoms with Gasteiger partial charge >= 0.3 is 19.0 Å². The molecule has 0 bridgehead atoms. The number of hydrogen-bond acceptors (Lipinski definition) is 7. The Bertz CT molecular complexity index is 803. The number of rotatable bonds is 14. The van der Waals surface area contributed by atoms with Crippen molar-refractivity contribution in [1.29, 1.82) is 0 Å². The molecule has 31 heavy (non-hydrogen) atoms. The van der Waals surface area contributed by atoms with Crippen molar-refractivity contribution in [1.82, 2.24) is 0 Å². The number of unbranched alkanes of at least 4 members (excludes halogenated alkanes) is 6. The topological polar surface area (TPSA) is 108 Å². The van der Waals surface area contributed by atoms with Crippen LogP contribution in [0.5, 0.6) is 5.75 Å². The van der Waals surface area contributed by atoms with Crippen LogP contribution in [0.3, 0.4) is 0 Å². The molecule has 166 valence electrons. The quantitative estimate of drug-likeness (QED) is 0.157. The summed E-state index contributed by atoms with van der Waals surface area (Å²) in [7, 11) is -1.33. The number of ether oxygens (including phenoxy) is 2. The fourth-order valence-corrected chi connectivity index (χ4v) is 2.97. The largest absolute Gasteiger partial charge is 0.564 e. The first-order valence-electron chi connectivity index (χ1n) is 10.5. The molecule has 0 aliphatic carbocycles. The maximum absolute atomic E-state index is 11.6. The first kappa shape index (κ1) is 24.2. The highest BCUT2D eigenvalue weighted by Gasteiger charge is 2.22. The second kappa shape index (κ2) is 14.0. The van der Waals surface area contributed by atoms with E-state index in [-0.39, 0.29) is 12.3 Å². The minimum absolute atomic E-state index is 0.0109. The number of para-hydroxylation sites is 2. The van der Waals surface area contributed by atoms with Gasteiger partial charge in [-0.2, -0.15) is 0 Å². The Kier molecular flexibility index (Phi) is 11.0. The van der Waals surface area contributed by atoms with Crippen molar-refractivity contribution in [2.45, 2.75) is 44.9 Å². The third-order valence-corrected chi connectivity index (χ3v) is 4.62. The molecule has 9 heteroatoms. The van der Waals surface area contributed by atoms with Crippen LogP contribution in [0.1, 0.15) is 44.9 Å². The van der Waals surface area contributed by atoms with Crippen LogP contribution in [-0.4, -0.2) is 36.4 Å². The fourth-order valence-electron chi connectivity index (χ4n) is 2.97. The Labute approximate surface area is 182 Å². The minimum atomic E-state index is -1.33. The Hall–Kier alpha value is -3.07. The van der Waals surface area contributed by atoms with Gasteiger partial charge in [-0.25, -0.2) is 4.79 Å². The van der Waals surface area contributed by atoms with E-state index in [0.29, 0.717) is 17.8 Å². The first-order chi connectivity index (χ1) is 15.1. The molecule has 0 aliphatic rings. The first-order valence-corrected chi connectivity index (χ1v) is 10.5. The molecule has 0 saturated heterocycles. The summed E-state index contributed by atoms with van der Waals surface area (Å²) in [6.45, 7) is 0.708. The van der Waals surface area contributed by atoms with E-state index in [2.05, 4.69) is 0 Å². The summed E-state index contributed by atoms with van der Waals surface area (Å²) in [5.41, 5.74) is 0.481. The Balaban J connectivity index is 1.43. The molecule has 0 heterocycles. The van der Waals surface area contributed by atoms with Crippen molar-refractivity contribution in [2.75, 3.05) is 13.2 Å². The Morgan fingerprint density at radius 3 is 2.13 bits per heavy atom. The molecular formula is C22H28BNO7. The van der Waals surface area contributed by atoms with Crippen molar-refractivity contribution < 1.29 is 28.9 Å². The normalized spacial score (nSPS) is 10.4. The lowest BCUT2D eigenvalue weighted by molar-refractivity contribution is -0.385. The summed E-state index contributed by atoms with van der Waals surface area (Å²) < 4.78 is 15.3. The summed E-state index contributed by atoms with van der Waals surface area (Å²) >= 11 is 0. The van der Waals surface area contributed by atoms with Gasteiger partial charge in [0, 0.05) is 6.07 Å². The number of benzene rings is 2. The molecule has 0 unspecified atom stereocenters. The molecular weight excluding hydrogens is 401 g/mol. The van der Waals surface area contributed by atoms with Gasteiger partial charge in [0.25, 0.3) is 0 Å². The molecule has 2 aromatic carbocycles. The van der Waals surface area contributed by atoms with E-state index in [1.165, 1.54) is 6.07 Å². The Morgan fingerprint density at radius 2 is 1.45 bits per heavy atom. The highest BCUT2D eigenvalue weighted by Crippen LogP contribution is 2.26. The third-order valence-electron chi connectivity index (χ3n) is 4.62. The van der Waals surface area contributed by atoms with Crippen LogP contribution >= 0.6 is 0 Å². The van der Waals surface area contributed by atoms with Crippen LogP contribution in [0.2, 0.25) is 0 Å². The molecule has 8 nitrogen and oxygen atoms in total. The van der Waals surface area contributed by atoms with Gasteiger partial charge in [-0.15, -0.1) is 0 Å². The lowest BCUT2D eigenvalue weighted by Gasteiger charge is -2.09. The molecule has 0 fully saturated rings. The summed E-state index contributed by atoms with van der Waals surface area (Å²) in [5, 5.41) is 20.7. The molecule has 2 rings (SSSR count). The van der Waals surface area contributed by atoms with Gasteiger partial charge in [0.1, 0.15) is 0 Å². The average molecular weight is 429 g/mol. The molecule has 0 amide bonds. The molecule has 0 atom stereocenters. The fraction of sp³-hybridized carbons (Fsp3) is 0.409.